The van der Waals surface area contributed by atoms with Crippen LogP contribution in [0.1, 0.15) is 26.1 Å². The number of rotatable bonds is 5. The monoisotopic (exact) mass is 296 g/mol. The second kappa shape index (κ2) is 5.84. The van der Waals surface area contributed by atoms with Gasteiger partial charge in [-0.05, 0) is 12.0 Å². The van der Waals surface area contributed by atoms with Crippen molar-refractivity contribution in [3.8, 4) is 0 Å². The predicted octanol–water partition coefficient (Wildman–Crippen LogP) is 2.96. The summed E-state index contributed by atoms with van der Waals surface area (Å²) in [6, 6.07) is 1.84. The topological polar surface area (TPSA) is 56.7 Å². The van der Waals surface area contributed by atoms with Crippen molar-refractivity contribution in [2.24, 2.45) is 11.7 Å². The normalized spacial score (nSPS) is 11.4. The molecule has 0 atom stereocenters. The first-order valence-electron chi connectivity index (χ1n) is 6.26. The molecule has 0 aliphatic heterocycles. The molecular weight excluding hydrogens is 280 g/mol. The van der Waals surface area contributed by atoms with Gasteiger partial charge in [0.1, 0.15) is 11.3 Å². The average molecular weight is 297 g/mol. The van der Waals surface area contributed by atoms with Crippen LogP contribution in [0.4, 0.5) is 0 Å². The van der Waals surface area contributed by atoms with Crippen molar-refractivity contribution in [2.75, 3.05) is 0 Å². The minimum Gasteiger partial charge on any atom is -0.393 e. The number of thiocarbonyl (C=S) groups is 1. The lowest BCUT2D eigenvalue weighted by molar-refractivity contribution is 0.582. The van der Waals surface area contributed by atoms with Crippen molar-refractivity contribution in [1.82, 2.24) is 14.5 Å². The van der Waals surface area contributed by atoms with Gasteiger partial charge < -0.3 is 10.3 Å². The summed E-state index contributed by atoms with van der Waals surface area (Å²) in [7, 11) is 0. The van der Waals surface area contributed by atoms with Gasteiger partial charge in [0.2, 0.25) is 0 Å². The lowest BCUT2D eigenvalue weighted by Gasteiger charge is -2.09. The lowest BCUT2D eigenvalue weighted by atomic mass is 10.1. The van der Waals surface area contributed by atoms with E-state index in [9.17, 15) is 0 Å². The van der Waals surface area contributed by atoms with Gasteiger partial charge in [0.15, 0.2) is 5.65 Å². The quantitative estimate of drug-likeness (QED) is 0.862. The van der Waals surface area contributed by atoms with Crippen LogP contribution >= 0.6 is 23.8 Å². The molecule has 0 fully saturated rings. The Hall–Kier alpha value is -1.20. The van der Waals surface area contributed by atoms with Gasteiger partial charge in [-0.15, -0.1) is 0 Å². The minimum atomic E-state index is 0.506. The van der Waals surface area contributed by atoms with Crippen LogP contribution in [0.15, 0.2) is 12.3 Å². The smallest absolute Gasteiger partial charge is 0.160 e. The average Bonchev–Trinajstić information content (AvgIpc) is 2.61. The van der Waals surface area contributed by atoms with Crippen LogP contribution in [0, 0.1) is 5.92 Å². The van der Waals surface area contributed by atoms with E-state index in [4.69, 9.17) is 29.6 Å². The van der Waals surface area contributed by atoms with Crippen LogP contribution in [-0.4, -0.2) is 19.5 Å². The van der Waals surface area contributed by atoms with Gasteiger partial charge in [-0.2, -0.15) is 0 Å². The van der Waals surface area contributed by atoms with Crippen LogP contribution < -0.4 is 5.73 Å². The highest BCUT2D eigenvalue weighted by Gasteiger charge is 2.13. The fourth-order valence-corrected chi connectivity index (χ4v) is 2.25. The van der Waals surface area contributed by atoms with Gasteiger partial charge in [0.25, 0.3) is 0 Å². The molecule has 0 amide bonds. The van der Waals surface area contributed by atoms with E-state index >= 15 is 0 Å². The fourth-order valence-electron chi connectivity index (χ4n) is 2.01. The van der Waals surface area contributed by atoms with Gasteiger partial charge in [0, 0.05) is 25.6 Å². The Kier molecular flexibility index (Phi) is 4.37. The molecule has 19 heavy (non-hydrogen) atoms. The lowest BCUT2D eigenvalue weighted by Crippen LogP contribution is -2.14. The Morgan fingerprint density at radius 1 is 1.53 bits per heavy atom. The maximum Gasteiger partial charge on any atom is 0.160 e. The number of hydrogen-bond donors (Lipinski definition) is 1. The molecule has 0 bridgehead atoms. The summed E-state index contributed by atoms with van der Waals surface area (Å²) < 4.78 is 2.09. The zero-order valence-electron chi connectivity index (χ0n) is 11.1. The first-order valence-corrected chi connectivity index (χ1v) is 7.05. The molecule has 2 rings (SSSR count). The van der Waals surface area contributed by atoms with E-state index in [-0.39, 0.29) is 0 Å². The fraction of sp³-hybridized carbons (Fsp3) is 0.462. The molecule has 102 valence electrons. The molecule has 2 N–H and O–H groups in total. The van der Waals surface area contributed by atoms with Crippen LogP contribution in [-0.2, 0) is 13.0 Å². The summed E-state index contributed by atoms with van der Waals surface area (Å²) in [5.41, 5.74) is 7.25. The van der Waals surface area contributed by atoms with E-state index in [0.29, 0.717) is 28.9 Å². The van der Waals surface area contributed by atoms with Gasteiger partial charge in [-0.3, -0.25) is 0 Å². The third-order valence-electron chi connectivity index (χ3n) is 2.80. The largest absolute Gasteiger partial charge is 0.393 e. The highest BCUT2D eigenvalue weighted by Crippen LogP contribution is 2.20. The zero-order chi connectivity index (χ0) is 14.0. The number of aryl methyl sites for hydroxylation is 1. The Bertz CT molecular complexity index is 606. The highest BCUT2D eigenvalue weighted by atomic mass is 35.5. The standard InChI is InChI=1S/C13H17ClN4S/c1-8(2)5-12-17-10-6-9(14)7-16-13(10)18(12)4-3-11(15)19/h6-8H,3-5H2,1-2H3,(H2,15,19). The summed E-state index contributed by atoms with van der Waals surface area (Å²) >= 11 is 10.9. The molecule has 4 nitrogen and oxygen atoms in total. The minimum absolute atomic E-state index is 0.506. The predicted molar refractivity (Wildman–Crippen MR) is 82.5 cm³/mol. The second-order valence-electron chi connectivity index (χ2n) is 4.99. The Morgan fingerprint density at radius 2 is 2.26 bits per heavy atom. The first-order chi connectivity index (χ1) is 8.97. The van der Waals surface area contributed by atoms with Crippen LogP contribution in [0.25, 0.3) is 11.2 Å². The van der Waals surface area contributed by atoms with E-state index in [1.165, 1.54) is 0 Å². The van der Waals surface area contributed by atoms with E-state index < -0.39 is 0 Å². The molecule has 0 spiro atoms. The van der Waals surface area contributed by atoms with Gasteiger partial charge in [-0.25, -0.2) is 9.97 Å². The molecule has 0 aromatic carbocycles. The molecule has 0 unspecified atom stereocenters. The molecular formula is C13H17ClN4S. The summed E-state index contributed by atoms with van der Waals surface area (Å²) in [5.74, 6) is 1.53. The molecule has 2 aromatic rings. The van der Waals surface area contributed by atoms with Gasteiger partial charge >= 0.3 is 0 Å². The van der Waals surface area contributed by atoms with Crippen molar-refractivity contribution in [3.05, 3.63) is 23.1 Å². The zero-order valence-corrected chi connectivity index (χ0v) is 12.6. The van der Waals surface area contributed by atoms with E-state index in [1.54, 1.807) is 6.20 Å². The molecule has 2 aromatic heterocycles. The summed E-state index contributed by atoms with van der Waals surface area (Å²) in [4.78, 5) is 9.50. The van der Waals surface area contributed by atoms with Crippen LogP contribution in [0.5, 0.6) is 0 Å². The molecule has 6 heteroatoms. The maximum absolute atomic E-state index is 5.96. The Labute approximate surface area is 123 Å². The Balaban J connectivity index is 2.45. The van der Waals surface area contributed by atoms with E-state index in [1.807, 2.05) is 6.07 Å². The van der Waals surface area contributed by atoms with Gasteiger partial charge in [0.05, 0.1) is 10.0 Å². The third kappa shape index (κ3) is 3.42. The highest BCUT2D eigenvalue weighted by molar-refractivity contribution is 7.80. The van der Waals surface area contributed by atoms with E-state index in [0.717, 1.165) is 23.4 Å². The van der Waals surface area contributed by atoms with E-state index in [2.05, 4.69) is 28.4 Å². The SMILES string of the molecule is CC(C)Cc1nc2cc(Cl)cnc2n1CCC(N)=S. The van der Waals surface area contributed by atoms with Crippen LogP contribution in [0.3, 0.4) is 0 Å². The molecule has 0 radical (unpaired) electrons. The molecule has 2 heterocycles. The first kappa shape index (κ1) is 14.2. The maximum atomic E-state index is 5.96. The van der Waals surface area contributed by atoms with Crippen molar-refractivity contribution in [1.29, 1.82) is 0 Å². The number of pyridine rings is 1. The van der Waals surface area contributed by atoms with Crippen LogP contribution in [0.2, 0.25) is 5.02 Å². The molecule has 0 aliphatic carbocycles. The Morgan fingerprint density at radius 3 is 2.89 bits per heavy atom. The number of halogens is 1. The second-order valence-corrected chi connectivity index (χ2v) is 5.95. The number of nitrogens with zero attached hydrogens (tertiary/aromatic N) is 3. The molecule has 0 saturated heterocycles. The number of imidazole rings is 1. The number of aromatic nitrogens is 3. The number of fused-ring (bicyclic) bond motifs is 1. The van der Waals surface area contributed by atoms with Gasteiger partial charge in [-0.1, -0.05) is 37.7 Å². The summed E-state index contributed by atoms with van der Waals surface area (Å²) in [6.45, 7) is 5.04. The van der Waals surface area contributed by atoms with Crippen molar-refractivity contribution in [3.63, 3.8) is 0 Å². The van der Waals surface area contributed by atoms with Crippen molar-refractivity contribution < 1.29 is 0 Å². The summed E-state index contributed by atoms with van der Waals surface area (Å²) in [5, 5.41) is 0.600. The molecule has 0 saturated carbocycles. The summed E-state index contributed by atoms with van der Waals surface area (Å²) in [6.07, 6.45) is 3.18. The van der Waals surface area contributed by atoms with Crippen molar-refractivity contribution in [2.45, 2.75) is 33.2 Å². The number of nitrogens with two attached hydrogens (primary N) is 1. The molecule has 0 aliphatic rings. The number of hydrogen-bond acceptors (Lipinski definition) is 3. The third-order valence-corrected chi connectivity index (χ3v) is 3.21. The van der Waals surface area contributed by atoms with Crippen molar-refractivity contribution >= 4 is 40.0 Å².